The quantitative estimate of drug-likeness (QED) is 0.871. The lowest BCUT2D eigenvalue weighted by molar-refractivity contribution is -0.121. The summed E-state index contributed by atoms with van der Waals surface area (Å²) in [5.74, 6) is 0.454. The summed E-state index contributed by atoms with van der Waals surface area (Å²) in [7, 11) is 0. The van der Waals surface area contributed by atoms with Crippen molar-refractivity contribution < 1.29 is 14.3 Å². The van der Waals surface area contributed by atoms with Gasteiger partial charge in [0.15, 0.2) is 0 Å². The molecule has 1 aliphatic rings. The Bertz CT molecular complexity index is 540. The maximum absolute atomic E-state index is 12.0. The van der Waals surface area contributed by atoms with Crippen molar-refractivity contribution in [2.75, 3.05) is 11.9 Å². The first-order chi connectivity index (χ1) is 10.4. The van der Waals surface area contributed by atoms with E-state index in [0.717, 1.165) is 37.8 Å². The molecule has 0 aromatic carbocycles. The Morgan fingerprint density at radius 3 is 2.91 bits per heavy atom. The maximum Gasteiger partial charge on any atom is 0.413 e. The standard InChI is InChI=1S/C16H23N3O3/c1-16(2,3)22-15(21)18-14-12(7-6-9-17-14)13-8-4-5-10-19(13)11-20/h6-7,9,11,13H,4-5,8,10H2,1-3H3,(H,17,18,21). The maximum atomic E-state index is 12.0. The Balaban J connectivity index is 2.19. The van der Waals surface area contributed by atoms with E-state index in [1.165, 1.54) is 0 Å². The van der Waals surface area contributed by atoms with Gasteiger partial charge in [0.05, 0.1) is 6.04 Å². The molecular formula is C16H23N3O3. The molecule has 1 N–H and O–H groups in total. The second kappa shape index (κ2) is 6.77. The molecule has 1 unspecified atom stereocenters. The Morgan fingerprint density at radius 1 is 1.45 bits per heavy atom. The summed E-state index contributed by atoms with van der Waals surface area (Å²) in [4.78, 5) is 29.2. The van der Waals surface area contributed by atoms with E-state index in [4.69, 9.17) is 4.74 Å². The molecule has 1 saturated heterocycles. The highest BCUT2D eigenvalue weighted by atomic mass is 16.6. The highest BCUT2D eigenvalue weighted by Crippen LogP contribution is 2.33. The third-order valence-corrected chi connectivity index (χ3v) is 3.50. The van der Waals surface area contributed by atoms with Gasteiger partial charge in [-0.1, -0.05) is 6.07 Å². The zero-order valence-electron chi connectivity index (χ0n) is 13.3. The van der Waals surface area contributed by atoms with Crippen LogP contribution in [0.3, 0.4) is 0 Å². The summed E-state index contributed by atoms with van der Waals surface area (Å²) in [6, 6.07) is 3.66. The molecule has 6 nitrogen and oxygen atoms in total. The molecule has 0 spiro atoms. The van der Waals surface area contributed by atoms with Gasteiger partial charge in [0.2, 0.25) is 6.41 Å². The molecule has 1 aromatic rings. The summed E-state index contributed by atoms with van der Waals surface area (Å²) in [6.45, 7) is 6.15. The van der Waals surface area contributed by atoms with Gasteiger partial charge in [0, 0.05) is 18.3 Å². The molecule has 0 bridgehead atoms. The van der Waals surface area contributed by atoms with E-state index < -0.39 is 11.7 Å². The Morgan fingerprint density at radius 2 is 2.23 bits per heavy atom. The molecule has 0 aliphatic carbocycles. The largest absolute Gasteiger partial charge is 0.444 e. The molecule has 1 atom stereocenters. The second-order valence-corrected chi connectivity index (χ2v) is 6.42. The number of pyridine rings is 1. The first kappa shape index (κ1) is 16.3. The van der Waals surface area contributed by atoms with Crippen molar-refractivity contribution >= 4 is 18.3 Å². The number of likely N-dealkylation sites (tertiary alicyclic amines) is 1. The van der Waals surface area contributed by atoms with Crippen LogP contribution in [-0.2, 0) is 9.53 Å². The number of carbonyl (C=O) groups excluding carboxylic acids is 2. The lowest BCUT2D eigenvalue weighted by Gasteiger charge is -2.33. The van der Waals surface area contributed by atoms with Crippen LogP contribution in [0.1, 0.15) is 51.6 Å². The zero-order valence-corrected chi connectivity index (χ0v) is 13.3. The number of hydrogen-bond acceptors (Lipinski definition) is 4. The van der Waals surface area contributed by atoms with Crippen LogP contribution in [0.5, 0.6) is 0 Å². The van der Waals surface area contributed by atoms with Crippen LogP contribution in [0.15, 0.2) is 18.3 Å². The van der Waals surface area contributed by atoms with Crippen LogP contribution in [-0.4, -0.2) is 34.5 Å². The number of nitrogens with one attached hydrogen (secondary N) is 1. The average molecular weight is 305 g/mol. The Hall–Kier alpha value is -2.11. The zero-order chi connectivity index (χ0) is 16.2. The van der Waals surface area contributed by atoms with Gasteiger partial charge < -0.3 is 9.64 Å². The minimum absolute atomic E-state index is 0.0510. The van der Waals surface area contributed by atoms with E-state index in [1.807, 2.05) is 12.1 Å². The van der Waals surface area contributed by atoms with Gasteiger partial charge in [-0.15, -0.1) is 0 Å². The number of ether oxygens (including phenoxy) is 1. The number of carbonyl (C=O) groups is 2. The van der Waals surface area contributed by atoms with Crippen molar-refractivity contribution in [3.8, 4) is 0 Å². The third kappa shape index (κ3) is 4.19. The van der Waals surface area contributed by atoms with Gasteiger partial charge in [0.1, 0.15) is 11.4 Å². The monoisotopic (exact) mass is 305 g/mol. The van der Waals surface area contributed by atoms with Gasteiger partial charge >= 0.3 is 6.09 Å². The molecule has 6 heteroatoms. The van der Waals surface area contributed by atoms with E-state index in [-0.39, 0.29) is 6.04 Å². The molecule has 2 rings (SSSR count). The minimum Gasteiger partial charge on any atom is -0.444 e. The smallest absolute Gasteiger partial charge is 0.413 e. The van der Waals surface area contributed by atoms with Crippen molar-refractivity contribution in [1.29, 1.82) is 0 Å². The van der Waals surface area contributed by atoms with Crippen LogP contribution in [0, 0.1) is 0 Å². The first-order valence-corrected chi connectivity index (χ1v) is 7.56. The normalized spacial score (nSPS) is 18.7. The topological polar surface area (TPSA) is 71.5 Å². The summed E-state index contributed by atoms with van der Waals surface area (Å²) < 4.78 is 5.26. The van der Waals surface area contributed by atoms with Gasteiger partial charge in [-0.05, 0) is 46.1 Å². The predicted octanol–water partition coefficient (Wildman–Crippen LogP) is 3.11. The van der Waals surface area contributed by atoms with E-state index >= 15 is 0 Å². The highest BCUT2D eigenvalue weighted by Gasteiger charge is 2.26. The number of nitrogens with zero attached hydrogens (tertiary/aromatic N) is 2. The van der Waals surface area contributed by atoms with Crippen LogP contribution in [0.2, 0.25) is 0 Å². The molecule has 120 valence electrons. The lowest BCUT2D eigenvalue weighted by atomic mass is 9.96. The van der Waals surface area contributed by atoms with Crippen molar-refractivity contribution in [1.82, 2.24) is 9.88 Å². The Kier molecular flexibility index (Phi) is 5.00. The van der Waals surface area contributed by atoms with Crippen LogP contribution in [0.4, 0.5) is 10.6 Å². The average Bonchev–Trinajstić information content (AvgIpc) is 2.46. The van der Waals surface area contributed by atoms with E-state index in [0.29, 0.717) is 5.82 Å². The summed E-state index contributed by atoms with van der Waals surface area (Å²) in [5, 5.41) is 2.69. The summed E-state index contributed by atoms with van der Waals surface area (Å²) in [5.41, 5.74) is 0.277. The number of piperidine rings is 1. The molecule has 2 amide bonds. The van der Waals surface area contributed by atoms with E-state index in [9.17, 15) is 9.59 Å². The van der Waals surface area contributed by atoms with Gasteiger partial charge in [-0.25, -0.2) is 9.78 Å². The molecule has 0 saturated carbocycles. The predicted molar refractivity (Wildman–Crippen MR) is 83.5 cm³/mol. The fraction of sp³-hybridized carbons (Fsp3) is 0.562. The lowest BCUT2D eigenvalue weighted by Crippen LogP contribution is -2.33. The molecule has 2 heterocycles. The third-order valence-electron chi connectivity index (χ3n) is 3.50. The van der Waals surface area contributed by atoms with Gasteiger partial charge in [0.25, 0.3) is 0 Å². The van der Waals surface area contributed by atoms with Crippen LogP contribution in [0.25, 0.3) is 0 Å². The van der Waals surface area contributed by atoms with Crippen molar-refractivity contribution in [3.63, 3.8) is 0 Å². The molecule has 1 fully saturated rings. The molecule has 0 radical (unpaired) electrons. The number of anilines is 1. The number of rotatable bonds is 3. The number of hydrogen-bond donors (Lipinski definition) is 1. The number of amides is 2. The highest BCUT2D eigenvalue weighted by molar-refractivity contribution is 5.84. The fourth-order valence-corrected chi connectivity index (χ4v) is 2.61. The van der Waals surface area contributed by atoms with Crippen molar-refractivity contribution in [2.24, 2.45) is 0 Å². The second-order valence-electron chi connectivity index (χ2n) is 6.42. The van der Waals surface area contributed by atoms with E-state index in [1.54, 1.807) is 31.9 Å². The van der Waals surface area contributed by atoms with Gasteiger partial charge in [-0.2, -0.15) is 0 Å². The van der Waals surface area contributed by atoms with Crippen LogP contribution >= 0.6 is 0 Å². The molecular weight excluding hydrogens is 282 g/mol. The van der Waals surface area contributed by atoms with Crippen molar-refractivity contribution in [2.45, 2.75) is 51.7 Å². The minimum atomic E-state index is -0.571. The summed E-state index contributed by atoms with van der Waals surface area (Å²) >= 11 is 0. The molecule has 1 aromatic heterocycles. The van der Waals surface area contributed by atoms with Crippen molar-refractivity contribution in [3.05, 3.63) is 23.9 Å². The van der Waals surface area contributed by atoms with E-state index in [2.05, 4.69) is 10.3 Å². The molecule has 22 heavy (non-hydrogen) atoms. The number of aromatic nitrogens is 1. The van der Waals surface area contributed by atoms with Crippen LogP contribution < -0.4 is 5.32 Å². The van der Waals surface area contributed by atoms with Gasteiger partial charge in [-0.3, -0.25) is 10.1 Å². The fourth-order valence-electron chi connectivity index (χ4n) is 2.61. The SMILES string of the molecule is CC(C)(C)OC(=O)Nc1ncccc1C1CCCCN1C=O. The Labute approximate surface area is 130 Å². The summed E-state index contributed by atoms with van der Waals surface area (Å²) in [6.07, 6.45) is 4.87. The molecule has 1 aliphatic heterocycles. The first-order valence-electron chi connectivity index (χ1n) is 7.56.